The molecule has 1 N–H and O–H groups in total. The van der Waals surface area contributed by atoms with Crippen molar-refractivity contribution in [3.05, 3.63) is 58.7 Å². The van der Waals surface area contributed by atoms with E-state index in [-0.39, 0.29) is 17.2 Å². The Morgan fingerprint density at radius 2 is 1.80 bits per heavy atom. The van der Waals surface area contributed by atoms with Crippen LogP contribution in [0.5, 0.6) is 5.75 Å². The summed E-state index contributed by atoms with van der Waals surface area (Å²) in [7, 11) is 0. The van der Waals surface area contributed by atoms with E-state index in [2.05, 4.69) is 44.3 Å². The number of carbonyl (C=O) groups excluding carboxylic acids is 2. The minimum Gasteiger partial charge on any atom is -0.494 e. The first kappa shape index (κ1) is 21.9. The minimum atomic E-state index is -0.609. The lowest BCUT2D eigenvalue weighted by molar-refractivity contribution is -0.126. The molecule has 2 amide bonds. The molecule has 0 saturated heterocycles. The van der Waals surface area contributed by atoms with E-state index in [4.69, 9.17) is 4.74 Å². The van der Waals surface area contributed by atoms with Gasteiger partial charge in [0.15, 0.2) is 0 Å². The van der Waals surface area contributed by atoms with E-state index in [1.54, 1.807) is 4.90 Å². The van der Waals surface area contributed by atoms with Crippen molar-refractivity contribution in [1.29, 1.82) is 0 Å². The number of ether oxygens (including phenoxy) is 1. The lowest BCUT2D eigenvalue weighted by atomic mass is 9.87. The van der Waals surface area contributed by atoms with Gasteiger partial charge in [0.2, 0.25) is 5.91 Å². The molecule has 1 aliphatic rings. The van der Waals surface area contributed by atoms with Gasteiger partial charge in [-0.05, 0) is 48.9 Å². The Morgan fingerprint density at radius 3 is 2.40 bits per heavy atom. The molecule has 0 bridgehead atoms. The van der Waals surface area contributed by atoms with Gasteiger partial charge in [0.05, 0.1) is 12.3 Å². The van der Waals surface area contributed by atoms with E-state index < -0.39 is 6.04 Å². The Kier molecular flexibility index (Phi) is 6.20. The first-order valence-electron chi connectivity index (χ1n) is 10.5. The van der Waals surface area contributed by atoms with Gasteiger partial charge >= 0.3 is 0 Å². The summed E-state index contributed by atoms with van der Waals surface area (Å²) < 4.78 is 5.89. The second-order valence-corrected chi connectivity index (χ2v) is 9.12. The predicted octanol–water partition coefficient (Wildman–Crippen LogP) is 4.59. The van der Waals surface area contributed by atoms with Gasteiger partial charge in [0.25, 0.3) is 5.91 Å². The number of hydrogen-bond acceptors (Lipinski definition) is 3. The van der Waals surface area contributed by atoms with E-state index in [1.165, 1.54) is 12.5 Å². The van der Waals surface area contributed by atoms with E-state index in [1.807, 2.05) is 32.0 Å². The highest BCUT2D eigenvalue weighted by Crippen LogP contribution is 2.39. The number of nitrogens with one attached hydrogen (secondary N) is 1. The first-order chi connectivity index (χ1) is 14.1. The summed E-state index contributed by atoms with van der Waals surface area (Å²) in [5, 5.41) is 2.80. The summed E-state index contributed by atoms with van der Waals surface area (Å²) in [5.41, 5.74) is 5.31. The molecule has 1 aliphatic heterocycles. The van der Waals surface area contributed by atoms with Crippen LogP contribution in [0.2, 0.25) is 0 Å². The molecule has 5 heteroatoms. The number of benzene rings is 2. The maximum atomic E-state index is 13.0. The van der Waals surface area contributed by atoms with Crippen molar-refractivity contribution in [2.24, 2.45) is 0 Å². The topological polar surface area (TPSA) is 58.6 Å². The van der Waals surface area contributed by atoms with Gasteiger partial charge in [-0.2, -0.15) is 0 Å². The third-order valence-electron chi connectivity index (χ3n) is 5.43. The van der Waals surface area contributed by atoms with Crippen LogP contribution in [0.25, 0.3) is 0 Å². The molecule has 5 nitrogen and oxygen atoms in total. The maximum Gasteiger partial charge on any atom is 0.254 e. The second-order valence-electron chi connectivity index (χ2n) is 9.12. The van der Waals surface area contributed by atoms with Crippen molar-refractivity contribution in [3.63, 3.8) is 0 Å². The lowest BCUT2D eigenvalue weighted by Gasteiger charge is -2.20. The standard InChI is InChI=1S/C25H32N2O3/c1-16-14-17(2)23-21(15-16)22(26-18(3)28)24(29)27(23)12-7-13-30-20-10-8-19(9-11-20)25(4,5)6/h8-11,14-15,22H,7,12-13H2,1-6H3,(H,26,28). The van der Waals surface area contributed by atoms with E-state index in [0.717, 1.165) is 28.1 Å². The fourth-order valence-electron chi connectivity index (χ4n) is 4.01. The Labute approximate surface area is 179 Å². The van der Waals surface area contributed by atoms with Crippen LogP contribution < -0.4 is 15.0 Å². The molecule has 1 atom stereocenters. The van der Waals surface area contributed by atoms with Crippen molar-refractivity contribution >= 4 is 17.5 Å². The van der Waals surface area contributed by atoms with Gasteiger partial charge in [0.1, 0.15) is 11.8 Å². The third-order valence-corrected chi connectivity index (χ3v) is 5.43. The van der Waals surface area contributed by atoms with Crippen molar-refractivity contribution in [3.8, 4) is 5.75 Å². The van der Waals surface area contributed by atoms with Crippen molar-refractivity contribution in [1.82, 2.24) is 5.32 Å². The zero-order valence-electron chi connectivity index (χ0n) is 18.8. The molecule has 1 heterocycles. The van der Waals surface area contributed by atoms with Crippen LogP contribution in [-0.2, 0) is 15.0 Å². The van der Waals surface area contributed by atoms with Gasteiger partial charge < -0.3 is 15.0 Å². The highest BCUT2D eigenvalue weighted by Gasteiger charge is 2.38. The van der Waals surface area contributed by atoms with Crippen molar-refractivity contribution in [2.75, 3.05) is 18.1 Å². The molecule has 1 unspecified atom stereocenters. The van der Waals surface area contributed by atoms with Gasteiger partial charge in [-0.25, -0.2) is 0 Å². The molecular formula is C25H32N2O3. The highest BCUT2D eigenvalue weighted by atomic mass is 16.5. The van der Waals surface area contributed by atoms with Gasteiger partial charge in [-0.3, -0.25) is 9.59 Å². The van der Waals surface area contributed by atoms with E-state index in [9.17, 15) is 9.59 Å². The zero-order chi connectivity index (χ0) is 22.1. The summed E-state index contributed by atoms with van der Waals surface area (Å²) in [6, 6.07) is 11.6. The van der Waals surface area contributed by atoms with Crippen molar-refractivity contribution in [2.45, 2.75) is 59.4 Å². The largest absolute Gasteiger partial charge is 0.494 e. The van der Waals surface area contributed by atoms with E-state index in [0.29, 0.717) is 19.6 Å². The molecule has 0 radical (unpaired) electrons. The molecule has 0 fully saturated rings. The van der Waals surface area contributed by atoms with Crippen LogP contribution >= 0.6 is 0 Å². The molecule has 0 aromatic heterocycles. The molecule has 0 spiro atoms. The van der Waals surface area contributed by atoms with Crippen LogP contribution in [0.15, 0.2) is 36.4 Å². The number of amides is 2. The molecule has 30 heavy (non-hydrogen) atoms. The summed E-state index contributed by atoms with van der Waals surface area (Å²) in [4.78, 5) is 26.4. The average molecular weight is 409 g/mol. The van der Waals surface area contributed by atoms with Crippen LogP contribution in [0.3, 0.4) is 0 Å². The van der Waals surface area contributed by atoms with Crippen LogP contribution in [-0.4, -0.2) is 25.0 Å². The highest BCUT2D eigenvalue weighted by molar-refractivity contribution is 6.06. The smallest absolute Gasteiger partial charge is 0.254 e. The molecule has 0 saturated carbocycles. The molecule has 3 rings (SSSR count). The number of aryl methyl sites for hydroxylation is 2. The monoisotopic (exact) mass is 408 g/mol. The molecule has 160 valence electrons. The number of carbonyl (C=O) groups is 2. The fourth-order valence-corrected chi connectivity index (χ4v) is 4.01. The number of hydrogen-bond donors (Lipinski definition) is 1. The number of fused-ring (bicyclic) bond motifs is 1. The quantitative estimate of drug-likeness (QED) is 0.711. The Morgan fingerprint density at radius 1 is 1.13 bits per heavy atom. The molecule has 0 aliphatic carbocycles. The summed E-state index contributed by atoms with van der Waals surface area (Å²) >= 11 is 0. The number of anilines is 1. The average Bonchev–Trinajstić information content (AvgIpc) is 2.90. The Balaban J connectivity index is 1.66. The number of rotatable bonds is 6. The summed E-state index contributed by atoms with van der Waals surface area (Å²) in [5.74, 6) is 0.546. The Hall–Kier alpha value is -2.82. The summed E-state index contributed by atoms with van der Waals surface area (Å²) in [6.45, 7) is 13.1. The second kappa shape index (κ2) is 8.50. The van der Waals surface area contributed by atoms with Crippen LogP contribution in [0, 0.1) is 13.8 Å². The van der Waals surface area contributed by atoms with Crippen LogP contribution in [0.1, 0.15) is 62.4 Å². The molecule has 2 aromatic carbocycles. The Bertz CT molecular complexity index is 942. The van der Waals surface area contributed by atoms with Gasteiger partial charge in [-0.1, -0.05) is 50.6 Å². The minimum absolute atomic E-state index is 0.0802. The predicted molar refractivity (Wildman–Crippen MR) is 120 cm³/mol. The third kappa shape index (κ3) is 4.66. The molecule has 2 aromatic rings. The number of nitrogens with zero attached hydrogens (tertiary/aromatic N) is 1. The van der Waals surface area contributed by atoms with Gasteiger partial charge in [-0.15, -0.1) is 0 Å². The molecular weight excluding hydrogens is 376 g/mol. The van der Waals surface area contributed by atoms with E-state index >= 15 is 0 Å². The van der Waals surface area contributed by atoms with Crippen molar-refractivity contribution < 1.29 is 14.3 Å². The first-order valence-corrected chi connectivity index (χ1v) is 10.5. The zero-order valence-corrected chi connectivity index (χ0v) is 18.8. The van der Waals surface area contributed by atoms with Crippen LogP contribution in [0.4, 0.5) is 5.69 Å². The normalized spacial score (nSPS) is 15.9. The summed E-state index contributed by atoms with van der Waals surface area (Å²) in [6.07, 6.45) is 0.701. The lowest BCUT2D eigenvalue weighted by Crippen LogP contribution is -2.37. The maximum absolute atomic E-state index is 13.0. The van der Waals surface area contributed by atoms with Gasteiger partial charge in [0, 0.05) is 19.0 Å². The SMILES string of the molecule is CC(=O)NC1C(=O)N(CCCOc2ccc(C(C)(C)C)cc2)c2c(C)cc(C)cc21. The fraction of sp³-hybridized carbons (Fsp3) is 0.440.